The minimum Gasteiger partial charge on any atom is -0.456 e. The minimum absolute atomic E-state index is 0.217. The number of halogens is 1. The molecule has 0 aliphatic carbocycles. The number of ether oxygens (including phenoxy) is 1. The SMILES string of the molecule is CC(OC(=O)CN1c2cccc3cccc(c23)S1(=O)=O)c1ccc(Cl)cc1. The van der Waals surface area contributed by atoms with Gasteiger partial charge < -0.3 is 4.74 Å². The van der Waals surface area contributed by atoms with Crippen LogP contribution in [0.5, 0.6) is 0 Å². The molecule has 4 rings (SSSR count). The van der Waals surface area contributed by atoms with Crippen LogP contribution in [0.1, 0.15) is 18.6 Å². The van der Waals surface area contributed by atoms with Crippen LogP contribution >= 0.6 is 11.6 Å². The highest BCUT2D eigenvalue weighted by atomic mass is 35.5. The number of benzene rings is 3. The molecular weight excluding hydrogens is 386 g/mol. The number of rotatable bonds is 4. The number of carbonyl (C=O) groups excluding carboxylic acids is 1. The average Bonchev–Trinajstić information content (AvgIpc) is 2.86. The van der Waals surface area contributed by atoms with E-state index in [1.807, 2.05) is 12.1 Å². The maximum Gasteiger partial charge on any atom is 0.327 e. The average molecular weight is 402 g/mol. The molecule has 7 heteroatoms. The van der Waals surface area contributed by atoms with Crippen molar-refractivity contribution in [3.05, 3.63) is 71.2 Å². The van der Waals surface area contributed by atoms with Gasteiger partial charge >= 0.3 is 5.97 Å². The third-order valence-electron chi connectivity index (χ3n) is 4.60. The van der Waals surface area contributed by atoms with Gasteiger partial charge in [0.25, 0.3) is 10.0 Å². The summed E-state index contributed by atoms with van der Waals surface area (Å²) in [6.07, 6.45) is -0.516. The second kappa shape index (κ2) is 6.55. The number of sulfonamides is 1. The highest BCUT2D eigenvalue weighted by molar-refractivity contribution is 7.93. The van der Waals surface area contributed by atoms with E-state index in [1.165, 1.54) is 0 Å². The number of nitrogens with zero attached hydrogens (tertiary/aromatic N) is 1. The molecule has 138 valence electrons. The Hall–Kier alpha value is -2.57. The Labute approximate surface area is 162 Å². The largest absolute Gasteiger partial charge is 0.456 e. The summed E-state index contributed by atoms with van der Waals surface area (Å²) in [5, 5.41) is 2.05. The van der Waals surface area contributed by atoms with Crippen molar-refractivity contribution >= 4 is 44.1 Å². The van der Waals surface area contributed by atoms with E-state index in [-0.39, 0.29) is 11.4 Å². The molecule has 5 nitrogen and oxygen atoms in total. The summed E-state index contributed by atoms with van der Waals surface area (Å²) in [6.45, 7) is 1.35. The van der Waals surface area contributed by atoms with Crippen LogP contribution in [0.2, 0.25) is 5.02 Å². The van der Waals surface area contributed by atoms with Crippen LogP contribution in [0.15, 0.2) is 65.6 Å². The molecule has 0 amide bonds. The van der Waals surface area contributed by atoms with Crippen LogP contribution in [-0.2, 0) is 19.6 Å². The van der Waals surface area contributed by atoms with Crippen LogP contribution in [0.3, 0.4) is 0 Å². The van der Waals surface area contributed by atoms with E-state index in [1.54, 1.807) is 55.5 Å². The molecule has 0 N–H and O–H groups in total. The number of esters is 1. The van der Waals surface area contributed by atoms with Crippen LogP contribution in [0.25, 0.3) is 10.8 Å². The lowest BCUT2D eigenvalue weighted by atomic mass is 10.1. The summed E-state index contributed by atoms with van der Waals surface area (Å²) in [5.74, 6) is -0.620. The molecule has 3 aromatic carbocycles. The summed E-state index contributed by atoms with van der Waals surface area (Å²) in [7, 11) is -3.78. The van der Waals surface area contributed by atoms with Crippen molar-refractivity contribution in [2.75, 3.05) is 10.8 Å². The first-order valence-corrected chi connectivity index (χ1v) is 10.2. The van der Waals surface area contributed by atoms with Gasteiger partial charge in [0.05, 0.1) is 10.6 Å². The Morgan fingerprint density at radius 3 is 2.44 bits per heavy atom. The number of carbonyl (C=O) groups is 1. The molecule has 0 bridgehead atoms. The second-order valence-electron chi connectivity index (χ2n) is 6.33. The van der Waals surface area contributed by atoms with Crippen molar-refractivity contribution < 1.29 is 17.9 Å². The van der Waals surface area contributed by atoms with Gasteiger partial charge in [0.15, 0.2) is 0 Å². The van der Waals surface area contributed by atoms with Crippen molar-refractivity contribution in [2.24, 2.45) is 0 Å². The zero-order chi connectivity index (χ0) is 19.2. The van der Waals surface area contributed by atoms with Crippen LogP contribution in [0.4, 0.5) is 5.69 Å². The summed E-state index contributed by atoms with van der Waals surface area (Å²) in [6, 6.07) is 17.4. The van der Waals surface area contributed by atoms with Gasteiger partial charge in [0.1, 0.15) is 12.6 Å². The molecule has 1 aliphatic heterocycles. The third-order valence-corrected chi connectivity index (χ3v) is 6.66. The van der Waals surface area contributed by atoms with E-state index in [0.29, 0.717) is 16.1 Å². The van der Waals surface area contributed by atoms with Crippen LogP contribution in [0, 0.1) is 0 Å². The van der Waals surface area contributed by atoms with Gasteiger partial charge in [-0.2, -0.15) is 0 Å². The zero-order valence-corrected chi connectivity index (χ0v) is 16.0. The molecule has 0 aromatic heterocycles. The van der Waals surface area contributed by atoms with Gasteiger partial charge in [-0.3, -0.25) is 9.10 Å². The quantitative estimate of drug-likeness (QED) is 0.611. The van der Waals surface area contributed by atoms with Crippen molar-refractivity contribution in [3.63, 3.8) is 0 Å². The molecular formula is C20H16ClNO4S. The smallest absolute Gasteiger partial charge is 0.327 e. The van der Waals surface area contributed by atoms with Gasteiger partial charge in [0.2, 0.25) is 0 Å². The predicted octanol–water partition coefficient (Wildman–Crippen LogP) is 4.31. The summed E-state index contributed by atoms with van der Waals surface area (Å²) >= 11 is 5.87. The maximum atomic E-state index is 12.9. The molecule has 0 saturated heterocycles. The lowest BCUT2D eigenvalue weighted by Crippen LogP contribution is -2.34. The van der Waals surface area contributed by atoms with Crippen LogP contribution < -0.4 is 4.31 Å². The second-order valence-corrected chi connectivity index (χ2v) is 8.59. The monoisotopic (exact) mass is 401 g/mol. The van der Waals surface area contributed by atoms with Gasteiger partial charge in [-0.25, -0.2) is 8.42 Å². The zero-order valence-electron chi connectivity index (χ0n) is 14.4. The van der Waals surface area contributed by atoms with Crippen molar-refractivity contribution in [3.8, 4) is 0 Å². The molecule has 3 aromatic rings. The fraction of sp³-hybridized carbons (Fsp3) is 0.150. The van der Waals surface area contributed by atoms with E-state index in [4.69, 9.17) is 16.3 Å². The van der Waals surface area contributed by atoms with E-state index in [2.05, 4.69) is 0 Å². The normalized spacial score (nSPS) is 15.7. The third kappa shape index (κ3) is 3.05. The molecule has 27 heavy (non-hydrogen) atoms. The molecule has 1 heterocycles. The van der Waals surface area contributed by atoms with Gasteiger partial charge in [-0.05, 0) is 42.1 Å². The molecule has 0 radical (unpaired) electrons. The van der Waals surface area contributed by atoms with E-state index in [9.17, 15) is 13.2 Å². The minimum atomic E-state index is -3.78. The standard InChI is InChI=1S/C20H16ClNO4S/c1-13(14-8-10-16(21)11-9-14)26-19(23)12-22-17-6-2-4-15-5-3-7-18(20(15)17)27(22,24)25/h2-11,13H,12H2,1H3. The van der Waals surface area contributed by atoms with Gasteiger partial charge in [0, 0.05) is 10.4 Å². The van der Waals surface area contributed by atoms with Gasteiger partial charge in [-0.15, -0.1) is 0 Å². The molecule has 0 spiro atoms. The Balaban J connectivity index is 1.59. The van der Waals surface area contributed by atoms with Crippen molar-refractivity contribution in [1.82, 2.24) is 0 Å². The Kier molecular flexibility index (Phi) is 4.32. The van der Waals surface area contributed by atoms with Crippen LogP contribution in [-0.4, -0.2) is 20.9 Å². The van der Waals surface area contributed by atoms with E-state index >= 15 is 0 Å². The first kappa shape index (κ1) is 17.8. The fourth-order valence-corrected chi connectivity index (χ4v) is 5.06. The highest BCUT2D eigenvalue weighted by Gasteiger charge is 2.37. The molecule has 0 saturated carbocycles. The lowest BCUT2D eigenvalue weighted by molar-refractivity contribution is -0.146. The molecule has 0 fully saturated rings. The highest BCUT2D eigenvalue weighted by Crippen LogP contribution is 2.41. The summed E-state index contributed by atoms with van der Waals surface area (Å²) in [5.41, 5.74) is 1.28. The van der Waals surface area contributed by atoms with Crippen molar-refractivity contribution in [2.45, 2.75) is 17.9 Å². The van der Waals surface area contributed by atoms with Gasteiger partial charge in [-0.1, -0.05) is 48.0 Å². The Bertz CT molecular complexity index is 1140. The first-order valence-electron chi connectivity index (χ1n) is 8.37. The maximum absolute atomic E-state index is 12.9. The topological polar surface area (TPSA) is 63.7 Å². The Morgan fingerprint density at radius 1 is 1.07 bits per heavy atom. The predicted molar refractivity (Wildman–Crippen MR) is 104 cm³/mol. The number of hydrogen-bond acceptors (Lipinski definition) is 4. The molecule has 1 atom stereocenters. The molecule has 1 unspecified atom stereocenters. The van der Waals surface area contributed by atoms with E-state index in [0.717, 1.165) is 15.3 Å². The van der Waals surface area contributed by atoms with Crippen molar-refractivity contribution in [1.29, 1.82) is 0 Å². The lowest BCUT2D eigenvalue weighted by Gasteiger charge is -2.20. The number of anilines is 1. The summed E-state index contributed by atoms with van der Waals surface area (Å²) in [4.78, 5) is 12.7. The molecule has 1 aliphatic rings. The summed E-state index contributed by atoms with van der Waals surface area (Å²) < 4.78 is 32.3. The van der Waals surface area contributed by atoms with E-state index < -0.39 is 22.1 Å². The fourth-order valence-electron chi connectivity index (χ4n) is 3.28. The Morgan fingerprint density at radius 2 is 1.74 bits per heavy atom. The number of hydrogen-bond donors (Lipinski definition) is 0. The first-order chi connectivity index (χ1) is 12.9.